The monoisotopic (exact) mass is 434 g/mol. The zero-order valence-corrected chi connectivity index (χ0v) is 18.6. The lowest BCUT2D eigenvalue weighted by molar-refractivity contribution is -0.150. The number of carbonyl (C=O) groups is 1. The van der Waals surface area contributed by atoms with Crippen LogP contribution in [0.3, 0.4) is 0 Å². The minimum absolute atomic E-state index is 0.137. The van der Waals surface area contributed by atoms with Crippen molar-refractivity contribution in [1.82, 2.24) is 0 Å². The fourth-order valence-electron chi connectivity index (χ4n) is 3.64. The first-order chi connectivity index (χ1) is 16.3. The summed E-state index contributed by atoms with van der Waals surface area (Å²) in [6.07, 6.45) is 4.85. The highest BCUT2D eigenvalue weighted by Gasteiger charge is 2.17. The lowest BCUT2D eigenvalue weighted by atomic mass is 10.00. The van der Waals surface area contributed by atoms with Crippen molar-refractivity contribution in [3.05, 3.63) is 89.5 Å². The summed E-state index contributed by atoms with van der Waals surface area (Å²) in [5, 5.41) is 2.27. The van der Waals surface area contributed by atoms with Gasteiger partial charge in [-0.3, -0.25) is 0 Å². The second-order valence-electron chi connectivity index (χ2n) is 7.85. The zero-order valence-electron chi connectivity index (χ0n) is 18.6. The molecule has 1 aliphatic rings. The van der Waals surface area contributed by atoms with Crippen molar-refractivity contribution >= 4 is 22.8 Å². The number of fused-ring (bicyclic) bond motifs is 1. The van der Waals surface area contributed by atoms with Gasteiger partial charge in [-0.1, -0.05) is 96.5 Å². The number of hydrogen-bond acceptors (Lipinski definition) is 3. The Kier molecular flexibility index (Phi) is 7.96. The van der Waals surface area contributed by atoms with Crippen molar-refractivity contribution in [1.29, 1.82) is 0 Å². The summed E-state index contributed by atoms with van der Waals surface area (Å²) in [7, 11) is 0. The third-order valence-electron chi connectivity index (χ3n) is 5.32. The maximum Gasteiger partial charge on any atom is 0.333 e. The molecule has 3 heteroatoms. The number of ether oxygens (including phenoxy) is 2. The molecule has 0 N–H and O–H groups in total. The van der Waals surface area contributed by atoms with Gasteiger partial charge in [0.15, 0.2) is 6.10 Å². The van der Waals surface area contributed by atoms with Gasteiger partial charge in [0.25, 0.3) is 0 Å². The van der Waals surface area contributed by atoms with Gasteiger partial charge in [-0.05, 0) is 40.8 Å². The number of carbonyl (C=O) groups excluding carboxylic acids is 1. The van der Waals surface area contributed by atoms with E-state index in [1.165, 1.54) is 0 Å². The molecule has 1 atom stereocenters. The van der Waals surface area contributed by atoms with Crippen molar-refractivity contribution in [2.45, 2.75) is 38.4 Å². The van der Waals surface area contributed by atoms with Gasteiger partial charge in [0.05, 0.1) is 12.2 Å². The van der Waals surface area contributed by atoms with Gasteiger partial charge in [-0.25, -0.2) is 4.79 Å². The summed E-state index contributed by atoms with van der Waals surface area (Å²) in [6, 6.07) is 24.1. The van der Waals surface area contributed by atoms with Crippen LogP contribution in [0.1, 0.15) is 36.8 Å². The molecule has 0 saturated heterocycles. The van der Waals surface area contributed by atoms with Crippen LogP contribution in [0.4, 0.5) is 0 Å². The van der Waals surface area contributed by atoms with E-state index in [-0.39, 0.29) is 6.61 Å². The summed E-state index contributed by atoms with van der Waals surface area (Å²) in [4.78, 5) is 12.6. The predicted octanol–water partition coefficient (Wildman–Crippen LogP) is 5.93. The lowest BCUT2D eigenvalue weighted by Gasteiger charge is -2.14. The van der Waals surface area contributed by atoms with E-state index in [2.05, 4.69) is 41.9 Å². The summed E-state index contributed by atoms with van der Waals surface area (Å²) in [5.41, 5.74) is 2.72. The first kappa shape index (κ1) is 22.4. The van der Waals surface area contributed by atoms with Gasteiger partial charge in [0.1, 0.15) is 6.61 Å². The summed E-state index contributed by atoms with van der Waals surface area (Å²) < 4.78 is 11.3. The van der Waals surface area contributed by atoms with Crippen LogP contribution in [0.25, 0.3) is 16.8 Å². The maximum atomic E-state index is 12.6. The highest BCUT2D eigenvalue weighted by atomic mass is 16.6. The van der Waals surface area contributed by atoms with E-state index >= 15 is 0 Å². The molecule has 164 valence electrons. The summed E-state index contributed by atoms with van der Waals surface area (Å²) in [5.74, 6) is 12.3. The fraction of sp³-hybridized carbons (Fsp3) is 0.233. The standard InChI is InChI=1S/C30H26O3/c31-30(23-32-22-24-13-6-5-7-14-24)33-29-20-9-4-2-1-3-8-16-27(29)21-26-18-12-17-25-15-10-11-19-28(25)26/h5-7,10-15,17-19,21,29H,1-4,22-23H2. The van der Waals surface area contributed by atoms with E-state index in [1.54, 1.807) is 0 Å². The molecule has 0 bridgehead atoms. The normalized spacial score (nSPS) is 16.8. The average molecular weight is 435 g/mol. The van der Waals surface area contributed by atoms with Crippen LogP contribution in [0.15, 0.2) is 78.4 Å². The van der Waals surface area contributed by atoms with E-state index in [1.807, 2.05) is 60.7 Å². The van der Waals surface area contributed by atoms with E-state index in [0.717, 1.165) is 47.6 Å². The molecule has 0 heterocycles. The van der Waals surface area contributed by atoms with Gasteiger partial charge < -0.3 is 9.47 Å². The van der Waals surface area contributed by atoms with E-state index in [4.69, 9.17) is 9.47 Å². The molecule has 0 aliphatic heterocycles. The molecular weight excluding hydrogens is 408 g/mol. The molecule has 0 amide bonds. The quantitative estimate of drug-likeness (QED) is 0.356. The van der Waals surface area contributed by atoms with Crippen LogP contribution in [-0.2, 0) is 20.9 Å². The topological polar surface area (TPSA) is 35.5 Å². The second-order valence-corrected chi connectivity index (χ2v) is 7.85. The van der Waals surface area contributed by atoms with E-state index in [0.29, 0.717) is 12.2 Å². The Balaban J connectivity index is 1.55. The molecule has 33 heavy (non-hydrogen) atoms. The van der Waals surface area contributed by atoms with Crippen molar-refractivity contribution in [3.63, 3.8) is 0 Å². The van der Waals surface area contributed by atoms with Crippen molar-refractivity contribution < 1.29 is 14.3 Å². The molecule has 1 aliphatic carbocycles. The SMILES string of the molecule is O=C(COCc1ccccc1)OC1C#CCCCCC#CC1=Cc1cccc2ccccc12. The number of rotatable bonds is 6. The third-order valence-corrected chi connectivity index (χ3v) is 5.32. The molecule has 1 unspecified atom stereocenters. The van der Waals surface area contributed by atoms with Gasteiger partial charge >= 0.3 is 5.97 Å². The third kappa shape index (κ3) is 6.59. The molecule has 3 nitrogen and oxygen atoms in total. The maximum absolute atomic E-state index is 12.6. The Labute approximate surface area is 195 Å². The summed E-state index contributed by atoms with van der Waals surface area (Å²) in [6.45, 7) is 0.215. The highest BCUT2D eigenvalue weighted by molar-refractivity contribution is 5.91. The van der Waals surface area contributed by atoms with Crippen LogP contribution in [0.2, 0.25) is 0 Å². The van der Waals surface area contributed by atoms with Crippen molar-refractivity contribution in [2.75, 3.05) is 6.61 Å². The Bertz CT molecular complexity index is 1240. The van der Waals surface area contributed by atoms with Crippen LogP contribution < -0.4 is 0 Å². The molecular formula is C30H26O3. The lowest BCUT2D eigenvalue weighted by Crippen LogP contribution is -2.22. The van der Waals surface area contributed by atoms with Gasteiger partial charge in [0, 0.05) is 12.8 Å². The Hall–Kier alpha value is -3.79. The molecule has 0 spiro atoms. The Morgan fingerprint density at radius 1 is 0.909 bits per heavy atom. The molecule has 0 fully saturated rings. The Morgan fingerprint density at radius 3 is 2.55 bits per heavy atom. The molecule has 0 aromatic heterocycles. The summed E-state index contributed by atoms with van der Waals surface area (Å²) >= 11 is 0. The number of esters is 1. The molecule has 4 rings (SSSR count). The fourth-order valence-corrected chi connectivity index (χ4v) is 3.64. The number of hydrogen-bond donors (Lipinski definition) is 0. The first-order valence-electron chi connectivity index (χ1n) is 11.3. The first-order valence-corrected chi connectivity index (χ1v) is 11.3. The second kappa shape index (κ2) is 11.7. The molecule has 3 aromatic rings. The van der Waals surface area contributed by atoms with Crippen LogP contribution in [-0.4, -0.2) is 18.7 Å². The zero-order chi connectivity index (χ0) is 22.7. The smallest absolute Gasteiger partial charge is 0.333 e. The van der Waals surface area contributed by atoms with Gasteiger partial charge in [-0.15, -0.1) is 0 Å². The van der Waals surface area contributed by atoms with Crippen LogP contribution >= 0.6 is 0 Å². The highest BCUT2D eigenvalue weighted by Crippen LogP contribution is 2.22. The van der Waals surface area contributed by atoms with Crippen LogP contribution in [0, 0.1) is 23.7 Å². The molecule has 0 saturated carbocycles. The minimum atomic E-state index is -0.720. The predicted molar refractivity (Wildman–Crippen MR) is 132 cm³/mol. The van der Waals surface area contributed by atoms with E-state index < -0.39 is 12.1 Å². The molecule has 3 aromatic carbocycles. The van der Waals surface area contributed by atoms with Crippen LogP contribution in [0.5, 0.6) is 0 Å². The number of benzene rings is 3. The Morgan fingerprint density at radius 2 is 1.67 bits per heavy atom. The largest absolute Gasteiger partial charge is 0.442 e. The van der Waals surface area contributed by atoms with Crippen molar-refractivity contribution in [3.8, 4) is 23.7 Å². The molecule has 0 radical (unpaired) electrons. The van der Waals surface area contributed by atoms with E-state index in [9.17, 15) is 4.79 Å². The van der Waals surface area contributed by atoms with Gasteiger partial charge in [-0.2, -0.15) is 0 Å². The van der Waals surface area contributed by atoms with Gasteiger partial charge in [0.2, 0.25) is 0 Å². The minimum Gasteiger partial charge on any atom is -0.442 e. The van der Waals surface area contributed by atoms with Crippen molar-refractivity contribution in [2.24, 2.45) is 0 Å². The average Bonchev–Trinajstić information content (AvgIpc) is 2.85.